The number of piperidine rings is 1. The van der Waals surface area contributed by atoms with Gasteiger partial charge in [0.25, 0.3) is 0 Å². The summed E-state index contributed by atoms with van der Waals surface area (Å²) in [6.45, 7) is 3.01. The molecule has 0 radical (unpaired) electrons. The van der Waals surface area contributed by atoms with Gasteiger partial charge < -0.3 is 4.90 Å². The zero-order chi connectivity index (χ0) is 21.1. The van der Waals surface area contributed by atoms with E-state index in [1.54, 1.807) is 17.0 Å². The summed E-state index contributed by atoms with van der Waals surface area (Å²) >= 11 is 1.45. The highest BCUT2D eigenvalue weighted by Crippen LogP contribution is 2.25. The lowest BCUT2D eigenvalue weighted by molar-refractivity contribution is -0.131. The maximum absolute atomic E-state index is 12.6. The van der Waals surface area contributed by atoms with Gasteiger partial charge in [-0.3, -0.25) is 4.79 Å². The molecule has 2 aromatic carbocycles. The Balaban J connectivity index is 1.30. The fourth-order valence-electron chi connectivity index (χ4n) is 3.87. The Morgan fingerprint density at radius 1 is 1.17 bits per heavy atom. The molecule has 2 heterocycles. The maximum Gasteiger partial charge on any atom is 0.241 e. The van der Waals surface area contributed by atoms with Crippen LogP contribution in [0.25, 0.3) is 10.2 Å². The summed E-state index contributed by atoms with van der Waals surface area (Å²) in [6.07, 6.45) is 2.90. The van der Waals surface area contributed by atoms with Crippen molar-refractivity contribution < 1.29 is 13.2 Å². The number of fused-ring (bicyclic) bond motifs is 1. The second-order valence-corrected chi connectivity index (χ2v) is 10.7. The van der Waals surface area contributed by atoms with E-state index >= 15 is 0 Å². The number of nitrogens with zero attached hydrogens (tertiary/aromatic N) is 2. The normalized spacial score (nSPS) is 15.6. The molecule has 1 amide bonds. The molecular weight excluding hydrogens is 418 g/mol. The number of likely N-dealkylation sites (tertiary alicyclic amines) is 1. The lowest BCUT2D eigenvalue weighted by atomic mass is 9.90. The van der Waals surface area contributed by atoms with Crippen molar-refractivity contribution in [2.75, 3.05) is 19.6 Å². The highest BCUT2D eigenvalue weighted by atomic mass is 32.2. The van der Waals surface area contributed by atoms with E-state index in [-0.39, 0.29) is 17.3 Å². The third kappa shape index (κ3) is 4.88. The van der Waals surface area contributed by atoms with Gasteiger partial charge in [0.1, 0.15) is 0 Å². The van der Waals surface area contributed by atoms with Gasteiger partial charge in [0, 0.05) is 13.1 Å². The van der Waals surface area contributed by atoms with Crippen molar-refractivity contribution in [2.24, 2.45) is 5.92 Å². The molecule has 1 fully saturated rings. The van der Waals surface area contributed by atoms with Crippen molar-refractivity contribution >= 4 is 37.5 Å². The van der Waals surface area contributed by atoms with Crippen LogP contribution in [0.3, 0.4) is 0 Å². The van der Waals surface area contributed by atoms with Gasteiger partial charge in [0.15, 0.2) is 0 Å². The van der Waals surface area contributed by atoms with Crippen LogP contribution in [-0.4, -0.2) is 43.8 Å². The molecule has 0 atom stereocenters. The second kappa shape index (κ2) is 8.83. The maximum atomic E-state index is 12.6. The number of nitrogens with one attached hydrogen (secondary N) is 1. The van der Waals surface area contributed by atoms with Crippen molar-refractivity contribution in [2.45, 2.75) is 31.1 Å². The smallest absolute Gasteiger partial charge is 0.241 e. The summed E-state index contributed by atoms with van der Waals surface area (Å²) in [5.41, 5.74) is 2.11. The molecular formula is C22H25N3O3S2. The highest BCUT2D eigenvalue weighted by Gasteiger charge is 2.24. The number of carbonyl (C=O) groups excluding carboxylic acids is 1. The number of thiazole rings is 1. The summed E-state index contributed by atoms with van der Waals surface area (Å²) in [6, 6.07) is 15.2. The minimum absolute atomic E-state index is 0.160. The number of aryl methyl sites for hydroxylation is 1. The molecule has 0 aliphatic carbocycles. The first-order valence-corrected chi connectivity index (χ1v) is 12.4. The van der Waals surface area contributed by atoms with Crippen molar-refractivity contribution in [1.82, 2.24) is 14.6 Å². The predicted octanol–water partition coefficient (Wildman–Crippen LogP) is 3.36. The van der Waals surface area contributed by atoms with Crippen LogP contribution in [0.15, 0.2) is 53.4 Å². The van der Waals surface area contributed by atoms with Crippen molar-refractivity contribution in [3.8, 4) is 0 Å². The van der Waals surface area contributed by atoms with Crippen LogP contribution in [0, 0.1) is 12.8 Å². The first-order chi connectivity index (χ1) is 14.4. The molecule has 0 saturated carbocycles. The van der Waals surface area contributed by atoms with Crippen LogP contribution in [0.5, 0.6) is 0 Å². The largest absolute Gasteiger partial charge is 0.342 e. The Morgan fingerprint density at radius 3 is 2.63 bits per heavy atom. The summed E-state index contributed by atoms with van der Waals surface area (Å²) < 4.78 is 28.5. The fraction of sp³-hybridized carbons (Fsp3) is 0.364. The summed E-state index contributed by atoms with van der Waals surface area (Å²) in [5.74, 6) is 0.384. The molecule has 0 unspecified atom stereocenters. The quantitative estimate of drug-likeness (QED) is 0.634. The number of hydrogen-bond acceptors (Lipinski definition) is 5. The Hall–Kier alpha value is -2.29. The topological polar surface area (TPSA) is 79.4 Å². The molecule has 30 heavy (non-hydrogen) atoms. The fourth-order valence-corrected chi connectivity index (χ4v) is 5.81. The van der Waals surface area contributed by atoms with Crippen molar-refractivity contribution in [3.63, 3.8) is 0 Å². The summed E-state index contributed by atoms with van der Waals surface area (Å²) in [4.78, 5) is 18.8. The Kier molecular flexibility index (Phi) is 6.17. The summed E-state index contributed by atoms with van der Waals surface area (Å²) in [5, 5.41) is 0.887. The third-order valence-electron chi connectivity index (χ3n) is 5.52. The van der Waals surface area contributed by atoms with Crippen LogP contribution in [-0.2, 0) is 21.2 Å². The van der Waals surface area contributed by atoms with Gasteiger partial charge in [0.05, 0.1) is 26.7 Å². The standard InChI is InChI=1S/C22H25N3O3S2/c1-16-24-20-8-7-19(14-21(20)29-16)30(27,28)23-15-22(26)25-11-9-18(10-12-25)13-17-5-3-2-4-6-17/h2-8,14,18,23H,9-13,15H2,1H3. The first-order valence-electron chi connectivity index (χ1n) is 10.1. The number of sulfonamides is 1. The molecule has 0 spiro atoms. The van der Waals surface area contributed by atoms with E-state index in [0.717, 1.165) is 34.5 Å². The molecule has 1 aliphatic heterocycles. The van der Waals surface area contributed by atoms with Gasteiger partial charge in [-0.2, -0.15) is 0 Å². The van der Waals surface area contributed by atoms with E-state index in [2.05, 4.69) is 21.8 Å². The predicted molar refractivity (Wildman–Crippen MR) is 119 cm³/mol. The lowest BCUT2D eigenvalue weighted by Crippen LogP contribution is -2.44. The van der Waals surface area contributed by atoms with Gasteiger partial charge in [-0.15, -0.1) is 11.3 Å². The SMILES string of the molecule is Cc1nc2ccc(S(=O)(=O)NCC(=O)N3CCC(Cc4ccccc4)CC3)cc2s1. The van der Waals surface area contributed by atoms with E-state index in [1.807, 2.05) is 25.1 Å². The average molecular weight is 444 g/mol. The van der Waals surface area contributed by atoms with Gasteiger partial charge in [-0.1, -0.05) is 30.3 Å². The highest BCUT2D eigenvalue weighted by molar-refractivity contribution is 7.89. The number of amides is 1. The Labute approximate surface area is 181 Å². The van der Waals surface area contributed by atoms with Gasteiger partial charge in [-0.05, 0) is 55.9 Å². The molecule has 3 aromatic rings. The first kappa shape index (κ1) is 21.0. The number of rotatable bonds is 6. The van der Waals surface area contributed by atoms with E-state index in [9.17, 15) is 13.2 Å². The van der Waals surface area contributed by atoms with Crippen molar-refractivity contribution in [3.05, 3.63) is 59.1 Å². The molecule has 158 valence electrons. The zero-order valence-electron chi connectivity index (χ0n) is 16.9. The molecule has 6 nitrogen and oxygen atoms in total. The molecule has 1 aliphatic rings. The third-order valence-corrected chi connectivity index (χ3v) is 7.86. The average Bonchev–Trinajstić information content (AvgIpc) is 3.12. The van der Waals surface area contributed by atoms with Gasteiger partial charge in [-0.25, -0.2) is 18.1 Å². The van der Waals surface area contributed by atoms with Crippen LogP contribution in [0.1, 0.15) is 23.4 Å². The van der Waals surface area contributed by atoms with Crippen LogP contribution < -0.4 is 4.72 Å². The Bertz CT molecular complexity index is 1130. The zero-order valence-corrected chi connectivity index (χ0v) is 18.5. The van der Waals surface area contributed by atoms with E-state index in [1.165, 1.54) is 23.0 Å². The molecule has 4 rings (SSSR count). The molecule has 1 saturated heterocycles. The minimum atomic E-state index is -3.75. The van der Waals surface area contributed by atoms with E-state index in [4.69, 9.17) is 0 Å². The number of benzene rings is 2. The monoisotopic (exact) mass is 443 g/mol. The van der Waals surface area contributed by atoms with E-state index in [0.29, 0.717) is 19.0 Å². The minimum Gasteiger partial charge on any atom is -0.342 e. The number of carbonyl (C=O) groups is 1. The van der Waals surface area contributed by atoms with Crippen LogP contribution >= 0.6 is 11.3 Å². The van der Waals surface area contributed by atoms with Crippen LogP contribution in [0.2, 0.25) is 0 Å². The second-order valence-electron chi connectivity index (χ2n) is 7.70. The number of aromatic nitrogens is 1. The van der Waals surface area contributed by atoms with Crippen LogP contribution in [0.4, 0.5) is 0 Å². The van der Waals surface area contributed by atoms with Gasteiger partial charge in [0.2, 0.25) is 15.9 Å². The lowest BCUT2D eigenvalue weighted by Gasteiger charge is -2.32. The molecule has 8 heteroatoms. The molecule has 1 N–H and O–H groups in total. The number of hydrogen-bond donors (Lipinski definition) is 1. The van der Waals surface area contributed by atoms with Crippen molar-refractivity contribution in [1.29, 1.82) is 0 Å². The van der Waals surface area contributed by atoms with E-state index < -0.39 is 10.0 Å². The molecule has 1 aromatic heterocycles. The Morgan fingerprint density at radius 2 is 1.90 bits per heavy atom. The van der Waals surface area contributed by atoms with Gasteiger partial charge >= 0.3 is 0 Å². The molecule has 0 bridgehead atoms. The summed E-state index contributed by atoms with van der Waals surface area (Å²) in [7, 11) is -3.75.